The van der Waals surface area contributed by atoms with Crippen LogP contribution in [0.15, 0.2) is 59.5 Å². The number of nitrogens with one attached hydrogen (secondary N) is 1. The van der Waals surface area contributed by atoms with Gasteiger partial charge in [-0.15, -0.1) is 24.2 Å². The average Bonchev–Trinajstić information content (AvgIpc) is 3.09. The fourth-order valence-electron chi connectivity index (χ4n) is 3.43. The van der Waals surface area contributed by atoms with E-state index in [4.69, 9.17) is 5.73 Å². The number of hydrogen-bond donors (Lipinski definition) is 2. The molecule has 3 rings (SSSR count). The molecule has 0 spiro atoms. The van der Waals surface area contributed by atoms with E-state index in [-0.39, 0.29) is 23.1 Å². The summed E-state index contributed by atoms with van der Waals surface area (Å²) in [6, 6.07) is 18.3. The van der Waals surface area contributed by atoms with E-state index in [2.05, 4.69) is 29.6 Å². The molecule has 2 aromatic carbocycles. The van der Waals surface area contributed by atoms with Gasteiger partial charge in [0.15, 0.2) is 0 Å². The number of benzene rings is 2. The number of rotatable bonds is 7. The van der Waals surface area contributed by atoms with Crippen molar-refractivity contribution in [2.45, 2.75) is 48.2 Å². The Morgan fingerprint density at radius 2 is 1.69 bits per heavy atom. The largest absolute Gasteiger partial charge is 0.399 e. The van der Waals surface area contributed by atoms with E-state index in [1.54, 1.807) is 0 Å². The predicted molar refractivity (Wildman–Crippen MR) is 113 cm³/mol. The van der Waals surface area contributed by atoms with Crippen molar-refractivity contribution in [1.29, 1.82) is 0 Å². The molecule has 0 aliphatic heterocycles. The number of carbonyl (C=O) groups is 1. The highest BCUT2D eigenvalue weighted by molar-refractivity contribution is 8.00. The Morgan fingerprint density at radius 1 is 1.04 bits per heavy atom. The van der Waals surface area contributed by atoms with Gasteiger partial charge >= 0.3 is 0 Å². The molecule has 0 unspecified atom stereocenters. The molecule has 26 heavy (non-hydrogen) atoms. The fraction of sp³-hybridized carbons (Fsp3) is 0.381. The summed E-state index contributed by atoms with van der Waals surface area (Å²) in [5, 5.41) is 3.17. The van der Waals surface area contributed by atoms with Crippen molar-refractivity contribution >= 4 is 35.8 Å². The van der Waals surface area contributed by atoms with Gasteiger partial charge in [-0.2, -0.15) is 0 Å². The normalized spacial score (nSPS) is 15.2. The van der Waals surface area contributed by atoms with E-state index in [9.17, 15) is 4.79 Å². The molecule has 3 N–H and O–H groups in total. The van der Waals surface area contributed by atoms with Gasteiger partial charge in [0.2, 0.25) is 5.91 Å². The molecular formula is C21H27ClN2OS. The molecule has 0 radical (unpaired) electrons. The molecule has 0 aromatic heterocycles. The van der Waals surface area contributed by atoms with Crippen LogP contribution in [0.5, 0.6) is 0 Å². The van der Waals surface area contributed by atoms with Crippen molar-refractivity contribution in [2.75, 3.05) is 12.3 Å². The van der Waals surface area contributed by atoms with Gasteiger partial charge in [0.05, 0.1) is 0 Å². The SMILES string of the molecule is Cl.Nc1ccccc1CCC(=O)NCC1(Sc2ccccc2)CCCC1. The first-order valence-corrected chi connectivity index (χ1v) is 9.83. The number of nitrogens with two attached hydrogens (primary N) is 1. The molecule has 1 saturated carbocycles. The molecule has 0 heterocycles. The Morgan fingerprint density at radius 3 is 2.38 bits per heavy atom. The Bertz CT molecular complexity index is 702. The third-order valence-corrected chi connectivity index (χ3v) is 6.37. The molecule has 2 aromatic rings. The molecule has 5 heteroatoms. The monoisotopic (exact) mass is 390 g/mol. The number of carbonyl (C=O) groups excluding carboxylic acids is 1. The highest BCUT2D eigenvalue weighted by Gasteiger charge is 2.35. The van der Waals surface area contributed by atoms with E-state index in [0.717, 1.165) is 17.8 Å². The first-order valence-electron chi connectivity index (χ1n) is 9.01. The minimum absolute atomic E-state index is 0. The van der Waals surface area contributed by atoms with Crippen molar-refractivity contribution in [3.05, 3.63) is 60.2 Å². The van der Waals surface area contributed by atoms with Crippen LogP contribution in [-0.2, 0) is 11.2 Å². The second-order valence-electron chi connectivity index (χ2n) is 6.78. The standard InChI is InChI=1S/C21H26N2OS.ClH/c22-19-11-5-4-8-17(19)12-13-20(24)23-16-21(14-6-7-15-21)25-18-9-2-1-3-10-18;/h1-5,8-11H,6-7,12-16,22H2,(H,23,24);1H. The van der Waals surface area contributed by atoms with Crippen molar-refractivity contribution in [2.24, 2.45) is 0 Å². The van der Waals surface area contributed by atoms with Gasteiger partial charge in [-0.05, 0) is 43.0 Å². The van der Waals surface area contributed by atoms with E-state index in [1.807, 2.05) is 42.1 Å². The molecule has 0 atom stereocenters. The van der Waals surface area contributed by atoms with Gasteiger partial charge in [0.25, 0.3) is 0 Å². The van der Waals surface area contributed by atoms with Gasteiger partial charge in [-0.1, -0.05) is 49.2 Å². The highest BCUT2D eigenvalue weighted by Crippen LogP contribution is 2.44. The Hall–Kier alpha value is -1.65. The summed E-state index contributed by atoms with van der Waals surface area (Å²) in [6.07, 6.45) is 6.00. The molecule has 1 amide bonds. The third kappa shape index (κ3) is 5.68. The average molecular weight is 391 g/mol. The number of aryl methyl sites for hydroxylation is 1. The topological polar surface area (TPSA) is 55.1 Å². The molecule has 140 valence electrons. The Kier molecular flexibility index (Phi) is 7.85. The van der Waals surface area contributed by atoms with Crippen LogP contribution in [0.4, 0.5) is 5.69 Å². The van der Waals surface area contributed by atoms with Crippen LogP contribution in [0.25, 0.3) is 0 Å². The first kappa shape index (κ1) is 20.7. The molecule has 1 fully saturated rings. The molecule has 3 nitrogen and oxygen atoms in total. The quantitative estimate of drug-likeness (QED) is 0.665. The van der Waals surface area contributed by atoms with Crippen molar-refractivity contribution in [3.63, 3.8) is 0 Å². The lowest BCUT2D eigenvalue weighted by molar-refractivity contribution is -0.121. The van der Waals surface area contributed by atoms with Gasteiger partial charge in [-0.25, -0.2) is 0 Å². The lowest BCUT2D eigenvalue weighted by atomic mass is 10.1. The minimum Gasteiger partial charge on any atom is -0.399 e. The Labute approximate surface area is 166 Å². The number of anilines is 1. The summed E-state index contributed by atoms with van der Waals surface area (Å²) in [5.74, 6) is 0.114. The zero-order valence-corrected chi connectivity index (χ0v) is 16.6. The summed E-state index contributed by atoms with van der Waals surface area (Å²) < 4.78 is 0.142. The zero-order chi connectivity index (χ0) is 17.5. The van der Waals surface area contributed by atoms with Crippen LogP contribution in [0.1, 0.15) is 37.7 Å². The van der Waals surface area contributed by atoms with Gasteiger partial charge in [0.1, 0.15) is 0 Å². The summed E-state index contributed by atoms with van der Waals surface area (Å²) in [4.78, 5) is 13.6. The maximum atomic E-state index is 12.3. The van der Waals surface area contributed by atoms with Crippen LogP contribution in [0.2, 0.25) is 0 Å². The second-order valence-corrected chi connectivity index (χ2v) is 8.32. The summed E-state index contributed by atoms with van der Waals surface area (Å²) in [5.41, 5.74) is 7.77. The molecule has 1 aliphatic rings. The first-order chi connectivity index (χ1) is 12.2. The number of thioether (sulfide) groups is 1. The summed E-state index contributed by atoms with van der Waals surface area (Å²) >= 11 is 1.92. The number of para-hydroxylation sites is 1. The van der Waals surface area contributed by atoms with Crippen molar-refractivity contribution in [1.82, 2.24) is 5.32 Å². The van der Waals surface area contributed by atoms with E-state index >= 15 is 0 Å². The smallest absolute Gasteiger partial charge is 0.220 e. The lowest BCUT2D eigenvalue weighted by Crippen LogP contribution is -2.38. The third-order valence-electron chi connectivity index (χ3n) is 4.88. The summed E-state index contributed by atoms with van der Waals surface area (Å²) in [7, 11) is 0. The predicted octanol–water partition coefficient (Wildman–Crippen LogP) is 4.84. The molecule has 0 bridgehead atoms. The van der Waals surface area contributed by atoms with E-state index < -0.39 is 0 Å². The van der Waals surface area contributed by atoms with Crippen LogP contribution >= 0.6 is 24.2 Å². The molecular weight excluding hydrogens is 364 g/mol. The van der Waals surface area contributed by atoms with Crippen LogP contribution < -0.4 is 11.1 Å². The number of amides is 1. The number of halogens is 1. The van der Waals surface area contributed by atoms with Crippen molar-refractivity contribution in [3.8, 4) is 0 Å². The minimum atomic E-state index is 0. The van der Waals surface area contributed by atoms with E-state index in [0.29, 0.717) is 12.8 Å². The maximum absolute atomic E-state index is 12.3. The van der Waals surface area contributed by atoms with E-state index in [1.165, 1.54) is 30.6 Å². The summed E-state index contributed by atoms with van der Waals surface area (Å²) in [6.45, 7) is 0.746. The van der Waals surface area contributed by atoms with Crippen LogP contribution in [0.3, 0.4) is 0 Å². The van der Waals surface area contributed by atoms with Gasteiger partial charge in [-0.3, -0.25) is 4.79 Å². The number of hydrogen-bond acceptors (Lipinski definition) is 3. The zero-order valence-electron chi connectivity index (χ0n) is 14.9. The van der Waals surface area contributed by atoms with Gasteiger partial charge < -0.3 is 11.1 Å². The lowest BCUT2D eigenvalue weighted by Gasteiger charge is -2.28. The Balaban J connectivity index is 0.00000243. The fourth-order valence-corrected chi connectivity index (χ4v) is 4.86. The van der Waals surface area contributed by atoms with Crippen LogP contribution in [-0.4, -0.2) is 17.2 Å². The van der Waals surface area contributed by atoms with Crippen molar-refractivity contribution < 1.29 is 4.79 Å². The maximum Gasteiger partial charge on any atom is 0.220 e. The molecule has 1 aliphatic carbocycles. The highest BCUT2D eigenvalue weighted by atomic mass is 35.5. The molecule has 0 saturated heterocycles. The second kappa shape index (κ2) is 9.89. The van der Waals surface area contributed by atoms with Crippen LogP contribution in [0, 0.1) is 0 Å². The van der Waals surface area contributed by atoms with Gasteiger partial charge in [0, 0.05) is 28.3 Å². The number of nitrogen functional groups attached to an aromatic ring is 1.